The van der Waals surface area contributed by atoms with Crippen LogP contribution in [0.15, 0.2) is 28.7 Å². The summed E-state index contributed by atoms with van der Waals surface area (Å²) in [5.41, 5.74) is 0. The summed E-state index contributed by atoms with van der Waals surface area (Å²) < 4.78 is 11.4. The first-order valence-electron chi connectivity index (χ1n) is 8.34. The number of nitrogens with one attached hydrogen (secondary N) is 1. The van der Waals surface area contributed by atoms with Gasteiger partial charge >= 0.3 is 5.97 Å². The Bertz CT molecular complexity index is 578. The summed E-state index contributed by atoms with van der Waals surface area (Å²) in [5, 5.41) is 2.99. The van der Waals surface area contributed by atoms with Crippen LogP contribution in [0.3, 0.4) is 0 Å². The highest BCUT2D eigenvalue weighted by molar-refractivity contribution is 9.10. The van der Waals surface area contributed by atoms with Crippen LogP contribution in [0.5, 0.6) is 5.75 Å². The third-order valence-electron chi connectivity index (χ3n) is 4.27. The van der Waals surface area contributed by atoms with Gasteiger partial charge in [-0.1, -0.05) is 41.8 Å². The van der Waals surface area contributed by atoms with Gasteiger partial charge in [0.05, 0.1) is 0 Å². The summed E-state index contributed by atoms with van der Waals surface area (Å²) >= 11 is 3.33. The summed E-state index contributed by atoms with van der Waals surface area (Å²) in [6.45, 7) is 3.50. The van der Waals surface area contributed by atoms with Crippen molar-refractivity contribution in [3.8, 4) is 5.75 Å². The van der Waals surface area contributed by atoms with E-state index in [2.05, 4.69) is 28.2 Å². The monoisotopic (exact) mass is 397 g/mol. The lowest BCUT2D eigenvalue weighted by atomic mass is 9.86. The lowest BCUT2D eigenvalue weighted by molar-refractivity contribution is -0.157. The van der Waals surface area contributed by atoms with Crippen LogP contribution in [0.2, 0.25) is 0 Å². The lowest BCUT2D eigenvalue weighted by Gasteiger charge is -2.30. The maximum absolute atomic E-state index is 12.2. The molecule has 0 bridgehead atoms. The van der Waals surface area contributed by atoms with E-state index in [1.165, 1.54) is 6.42 Å². The molecular weight excluding hydrogens is 374 g/mol. The van der Waals surface area contributed by atoms with Crippen LogP contribution >= 0.6 is 15.9 Å². The molecule has 1 amide bonds. The number of hydrogen-bond acceptors (Lipinski definition) is 4. The molecule has 1 aliphatic rings. The SMILES string of the molecule is C[C@@H](OC(=O)COc1cccc(Br)c1)C(=O)N[C@@H]1CCCC[C@@H]1C. The summed E-state index contributed by atoms with van der Waals surface area (Å²) in [6.07, 6.45) is 3.63. The average molecular weight is 398 g/mol. The normalized spacial score (nSPS) is 21.6. The standard InChI is InChI=1S/C18H24BrNO4/c1-12-6-3-4-9-16(12)20-18(22)13(2)24-17(21)11-23-15-8-5-7-14(19)10-15/h5,7-8,10,12-13,16H,3-4,6,9,11H2,1-2H3,(H,20,22)/t12-,13+,16+/m0/s1. The highest BCUT2D eigenvalue weighted by Gasteiger charge is 2.26. The van der Waals surface area contributed by atoms with E-state index in [1.54, 1.807) is 19.1 Å². The lowest BCUT2D eigenvalue weighted by Crippen LogP contribution is -2.46. The molecule has 1 aliphatic carbocycles. The molecule has 1 N–H and O–H groups in total. The smallest absolute Gasteiger partial charge is 0.344 e. The van der Waals surface area contributed by atoms with Crippen LogP contribution < -0.4 is 10.1 Å². The molecule has 0 heterocycles. The number of benzene rings is 1. The van der Waals surface area contributed by atoms with Crippen molar-refractivity contribution in [1.29, 1.82) is 0 Å². The molecule has 1 aromatic rings. The molecule has 0 unspecified atom stereocenters. The molecule has 2 rings (SSSR count). The first-order chi connectivity index (χ1) is 11.5. The van der Waals surface area contributed by atoms with Gasteiger partial charge in [0.25, 0.3) is 5.91 Å². The molecule has 3 atom stereocenters. The Morgan fingerprint density at radius 2 is 2.08 bits per heavy atom. The van der Waals surface area contributed by atoms with Gasteiger partial charge in [0.2, 0.25) is 0 Å². The summed E-state index contributed by atoms with van der Waals surface area (Å²) in [5.74, 6) is 0.221. The summed E-state index contributed by atoms with van der Waals surface area (Å²) in [4.78, 5) is 24.0. The van der Waals surface area contributed by atoms with Gasteiger partial charge in [-0.15, -0.1) is 0 Å². The Labute approximate surface area is 151 Å². The Kier molecular flexibility index (Phi) is 7.09. The number of rotatable bonds is 6. The highest BCUT2D eigenvalue weighted by atomic mass is 79.9. The molecule has 6 heteroatoms. The van der Waals surface area contributed by atoms with Gasteiger partial charge in [0, 0.05) is 10.5 Å². The predicted molar refractivity (Wildman–Crippen MR) is 94.8 cm³/mol. The number of carbonyl (C=O) groups excluding carboxylic acids is 2. The molecule has 1 saturated carbocycles. The van der Waals surface area contributed by atoms with E-state index in [0.29, 0.717) is 11.7 Å². The number of carbonyl (C=O) groups is 2. The molecule has 0 radical (unpaired) electrons. The molecular formula is C18H24BrNO4. The number of amides is 1. The van der Waals surface area contributed by atoms with Crippen molar-refractivity contribution in [3.05, 3.63) is 28.7 Å². The molecule has 0 aromatic heterocycles. The Balaban J connectivity index is 1.75. The van der Waals surface area contributed by atoms with Crippen LogP contribution in [0.25, 0.3) is 0 Å². The predicted octanol–water partition coefficient (Wildman–Crippen LogP) is 3.45. The fraction of sp³-hybridized carbons (Fsp3) is 0.556. The van der Waals surface area contributed by atoms with Gasteiger partial charge in [-0.2, -0.15) is 0 Å². The minimum Gasteiger partial charge on any atom is -0.482 e. The van der Waals surface area contributed by atoms with Crippen LogP contribution in [0.4, 0.5) is 0 Å². The Hall–Kier alpha value is -1.56. The minimum absolute atomic E-state index is 0.172. The van der Waals surface area contributed by atoms with Crippen molar-refractivity contribution in [2.75, 3.05) is 6.61 Å². The first kappa shape index (κ1) is 18.8. The van der Waals surface area contributed by atoms with E-state index < -0.39 is 12.1 Å². The van der Waals surface area contributed by atoms with Crippen LogP contribution in [-0.4, -0.2) is 30.6 Å². The van der Waals surface area contributed by atoms with E-state index in [-0.39, 0.29) is 18.6 Å². The van der Waals surface area contributed by atoms with E-state index in [4.69, 9.17) is 9.47 Å². The average Bonchev–Trinajstić information content (AvgIpc) is 2.55. The van der Waals surface area contributed by atoms with Crippen molar-refractivity contribution < 1.29 is 19.1 Å². The number of ether oxygens (including phenoxy) is 2. The molecule has 0 aliphatic heterocycles. The van der Waals surface area contributed by atoms with Crippen molar-refractivity contribution in [2.45, 2.75) is 51.7 Å². The molecule has 132 valence electrons. The fourth-order valence-corrected chi connectivity index (χ4v) is 3.19. The molecule has 1 fully saturated rings. The fourth-order valence-electron chi connectivity index (χ4n) is 2.81. The maximum atomic E-state index is 12.2. The van der Waals surface area contributed by atoms with Crippen LogP contribution in [0.1, 0.15) is 39.5 Å². The first-order valence-corrected chi connectivity index (χ1v) is 9.13. The molecule has 1 aromatic carbocycles. The molecule has 24 heavy (non-hydrogen) atoms. The molecule has 5 nitrogen and oxygen atoms in total. The topological polar surface area (TPSA) is 64.6 Å². The zero-order valence-electron chi connectivity index (χ0n) is 14.1. The third-order valence-corrected chi connectivity index (χ3v) is 4.76. The highest BCUT2D eigenvalue weighted by Crippen LogP contribution is 2.23. The van der Waals surface area contributed by atoms with Crippen molar-refractivity contribution >= 4 is 27.8 Å². The van der Waals surface area contributed by atoms with Gasteiger partial charge in [0.1, 0.15) is 5.75 Å². The van der Waals surface area contributed by atoms with Gasteiger partial charge in [0.15, 0.2) is 12.7 Å². The van der Waals surface area contributed by atoms with Gasteiger partial charge in [-0.05, 0) is 43.9 Å². The summed E-state index contributed by atoms with van der Waals surface area (Å²) in [7, 11) is 0. The Morgan fingerprint density at radius 1 is 1.33 bits per heavy atom. The third kappa shape index (κ3) is 5.82. The second-order valence-electron chi connectivity index (χ2n) is 6.25. The zero-order chi connectivity index (χ0) is 17.5. The maximum Gasteiger partial charge on any atom is 0.344 e. The Morgan fingerprint density at radius 3 is 2.79 bits per heavy atom. The second-order valence-corrected chi connectivity index (χ2v) is 7.17. The molecule has 0 saturated heterocycles. The van der Waals surface area contributed by atoms with E-state index >= 15 is 0 Å². The van der Waals surface area contributed by atoms with E-state index in [9.17, 15) is 9.59 Å². The number of esters is 1. The minimum atomic E-state index is -0.822. The van der Waals surface area contributed by atoms with E-state index in [1.807, 2.05) is 12.1 Å². The van der Waals surface area contributed by atoms with Crippen LogP contribution in [-0.2, 0) is 14.3 Å². The van der Waals surface area contributed by atoms with Crippen molar-refractivity contribution in [2.24, 2.45) is 5.92 Å². The number of halogens is 1. The molecule has 0 spiro atoms. The van der Waals surface area contributed by atoms with Crippen molar-refractivity contribution in [3.63, 3.8) is 0 Å². The van der Waals surface area contributed by atoms with Gasteiger partial charge < -0.3 is 14.8 Å². The van der Waals surface area contributed by atoms with Crippen LogP contribution in [0, 0.1) is 5.92 Å². The van der Waals surface area contributed by atoms with Gasteiger partial charge in [-0.3, -0.25) is 4.79 Å². The van der Waals surface area contributed by atoms with Crippen molar-refractivity contribution in [1.82, 2.24) is 5.32 Å². The summed E-state index contributed by atoms with van der Waals surface area (Å²) in [6, 6.07) is 7.35. The van der Waals surface area contributed by atoms with Gasteiger partial charge in [-0.25, -0.2) is 4.79 Å². The second kappa shape index (κ2) is 9.06. The number of hydrogen-bond donors (Lipinski definition) is 1. The largest absolute Gasteiger partial charge is 0.482 e. The quantitative estimate of drug-likeness (QED) is 0.746. The zero-order valence-corrected chi connectivity index (χ0v) is 15.7. The van der Waals surface area contributed by atoms with E-state index in [0.717, 1.165) is 23.7 Å².